The summed E-state index contributed by atoms with van der Waals surface area (Å²) in [7, 11) is 1.64. The van der Waals surface area contributed by atoms with Crippen LogP contribution in [0, 0.1) is 0 Å². The van der Waals surface area contributed by atoms with Gasteiger partial charge in [0.1, 0.15) is 17.1 Å². The Balaban J connectivity index is 1.92. The van der Waals surface area contributed by atoms with Crippen molar-refractivity contribution in [3.8, 4) is 17.1 Å². The molecule has 0 atom stereocenters. The number of carbonyl (C=O) groups is 1. The van der Waals surface area contributed by atoms with Gasteiger partial charge in [0.15, 0.2) is 5.82 Å². The molecule has 0 aliphatic carbocycles. The van der Waals surface area contributed by atoms with E-state index in [1.807, 2.05) is 29.2 Å². The van der Waals surface area contributed by atoms with Gasteiger partial charge in [-0.1, -0.05) is 6.92 Å². The second-order valence-electron chi connectivity index (χ2n) is 7.06. The maximum absolute atomic E-state index is 13.3. The zero-order valence-electron chi connectivity index (χ0n) is 17.9. The molecule has 1 aliphatic heterocycles. The van der Waals surface area contributed by atoms with E-state index in [2.05, 4.69) is 35.6 Å². The molecule has 1 aromatic heterocycles. The number of hydrogen-bond donors (Lipinski definition) is 0. The summed E-state index contributed by atoms with van der Waals surface area (Å²) in [4.78, 5) is 29.0. The second-order valence-corrected chi connectivity index (χ2v) is 7.06. The Hall–Kier alpha value is -2.67. The Kier molecular flexibility index (Phi) is 7.04. The number of amides is 1. The summed E-state index contributed by atoms with van der Waals surface area (Å²) < 4.78 is 5.23. The predicted molar refractivity (Wildman–Crippen MR) is 116 cm³/mol. The number of piperazine rings is 1. The number of carbonyl (C=O) groups excluding carboxylic acids is 1. The van der Waals surface area contributed by atoms with E-state index in [0.29, 0.717) is 17.2 Å². The van der Waals surface area contributed by atoms with Crippen LogP contribution in [0.15, 0.2) is 30.5 Å². The first-order valence-corrected chi connectivity index (χ1v) is 10.4. The largest absolute Gasteiger partial charge is 0.497 e. The summed E-state index contributed by atoms with van der Waals surface area (Å²) in [6, 6.07) is 7.65. The molecular formula is C22H31N5O2. The van der Waals surface area contributed by atoms with E-state index in [1.54, 1.807) is 13.3 Å². The molecule has 0 unspecified atom stereocenters. The van der Waals surface area contributed by atoms with Crippen LogP contribution in [-0.2, 0) is 0 Å². The van der Waals surface area contributed by atoms with E-state index in [4.69, 9.17) is 9.72 Å². The first kappa shape index (κ1) is 21.0. The molecule has 29 heavy (non-hydrogen) atoms. The van der Waals surface area contributed by atoms with Gasteiger partial charge in [0.25, 0.3) is 5.91 Å². The molecule has 0 saturated carbocycles. The van der Waals surface area contributed by atoms with Crippen LogP contribution < -0.4 is 9.64 Å². The molecule has 7 heteroatoms. The fourth-order valence-electron chi connectivity index (χ4n) is 3.60. The molecule has 0 radical (unpaired) electrons. The number of rotatable bonds is 7. The number of aromatic nitrogens is 2. The van der Waals surface area contributed by atoms with Crippen LogP contribution in [0.25, 0.3) is 11.4 Å². The highest BCUT2D eigenvalue weighted by atomic mass is 16.5. The Morgan fingerprint density at radius 2 is 1.72 bits per heavy atom. The average molecular weight is 398 g/mol. The maximum atomic E-state index is 13.3. The van der Waals surface area contributed by atoms with E-state index in [9.17, 15) is 4.79 Å². The third-order valence-corrected chi connectivity index (χ3v) is 5.52. The van der Waals surface area contributed by atoms with Crippen LogP contribution in [-0.4, -0.2) is 78.6 Å². The van der Waals surface area contributed by atoms with Crippen LogP contribution >= 0.6 is 0 Å². The van der Waals surface area contributed by atoms with Crippen LogP contribution in [0.4, 0.5) is 5.82 Å². The molecule has 1 amide bonds. The number of hydrogen-bond acceptors (Lipinski definition) is 6. The first-order valence-electron chi connectivity index (χ1n) is 10.4. The normalized spacial score (nSPS) is 14.7. The van der Waals surface area contributed by atoms with Crippen molar-refractivity contribution in [2.75, 3.05) is 57.8 Å². The standard InChI is InChI=1S/C22H31N5O2/c1-5-25-12-14-27(15-13-25)22(28)19-16-23-20(24-21(19)26(6-2)7-3)17-8-10-18(29-4)11-9-17/h8-11,16H,5-7,12-15H2,1-4H3. The summed E-state index contributed by atoms with van der Waals surface area (Å²) in [5.74, 6) is 2.13. The molecule has 7 nitrogen and oxygen atoms in total. The third-order valence-electron chi connectivity index (χ3n) is 5.52. The summed E-state index contributed by atoms with van der Waals surface area (Å²) in [5, 5.41) is 0. The Morgan fingerprint density at radius 3 is 2.28 bits per heavy atom. The number of likely N-dealkylation sites (N-methyl/N-ethyl adjacent to an activating group) is 1. The molecule has 1 saturated heterocycles. The molecule has 1 aromatic carbocycles. The monoisotopic (exact) mass is 397 g/mol. The van der Waals surface area contributed by atoms with Crippen molar-refractivity contribution >= 4 is 11.7 Å². The fourth-order valence-corrected chi connectivity index (χ4v) is 3.60. The average Bonchev–Trinajstić information content (AvgIpc) is 2.79. The topological polar surface area (TPSA) is 61.8 Å². The van der Waals surface area contributed by atoms with Crippen molar-refractivity contribution in [1.82, 2.24) is 19.8 Å². The van der Waals surface area contributed by atoms with E-state index in [-0.39, 0.29) is 5.91 Å². The van der Waals surface area contributed by atoms with Crippen molar-refractivity contribution in [2.45, 2.75) is 20.8 Å². The molecule has 2 heterocycles. The minimum atomic E-state index is 0.0175. The molecule has 3 rings (SSSR count). The summed E-state index contributed by atoms with van der Waals surface area (Å²) in [6.45, 7) is 12.2. The molecule has 0 N–H and O–H groups in total. The summed E-state index contributed by atoms with van der Waals surface area (Å²) in [5.41, 5.74) is 1.48. The van der Waals surface area contributed by atoms with E-state index in [1.165, 1.54) is 0 Å². The van der Waals surface area contributed by atoms with Gasteiger partial charge in [0.2, 0.25) is 0 Å². The molecule has 1 aliphatic rings. The smallest absolute Gasteiger partial charge is 0.259 e. The second kappa shape index (κ2) is 9.69. The number of benzene rings is 1. The van der Waals surface area contributed by atoms with E-state index >= 15 is 0 Å². The molecule has 0 spiro atoms. The minimum Gasteiger partial charge on any atom is -0.497 e. The minimum absolute atomic E-state index is 0.0175. The van der Waals surface area contributed by atoms with Crippen LogP contribution in [0.2, 0.25) is 0 Å². The number of anilines is 1. The number of ether oxygens (including phenoxy) is 1. The lowest BCUT2D eigenvalue weighted by Crippen LogP contribution is -2.48. The Labute approximate surface area is 173 Å². The third kappa shape index (κ3) is 4.67. The highest BCUT2D eigenvalue weighted by Crippen LogP contribution is 2.25. The van der Waals surface area contributed by atoms with Gasteiger partial charge < -0.3 is 19.4 Å². The molecule has 2 aromatic rings. The van der Waals surface area contributed by atoms with Gasteiger partial charge in [-0.25, -0.2) is 9.97 Å². The van der Waals surface area contributed by atoms with Crippen LogP contribution in [0.1, 0.15) is 31.1 Å². The highest BCUT2D eigenvalue weighted by molar-refractivity contribution is 5.99. The van der Waals surface area contributed by atoms with Crippen LogP contribution in [0.5, 0.6) is 5.75 Å². The first-order chi connectivity index (χ1) is 14.1. The highest BCUT2D eigenvalue weighted by Gasteiger charge is 2.26. The lowest BCUT2D eigenvalue weighted by molar-refractivity contribution is 0.0643. The predicted octanol–water partition coefficient (Wildman–Crippen LogP) is 2.78. The summed E-state index contributed by atoms with van der Waals surface area (Å²) in [6.07, 6.45) is 1.69. The zero-order chi connectivity index (χ0) is 20.8. The summed E-state index contributed by atoms with van der Waals surface area (Å²) >= 11 is 0. The number of methoxy groups -OCH3 is 1. The van der Waals surface area contributed by atoms with Crippen molar-refractivity contribution in [3.63, 3.8) is 0 Å². The fraction of sp³-hybridized carbons (Fsp3) is 0.500. The molecule has 1 fully saturated rings. The van der Waals surface area contributed by atoms with Crippen LogP contribution in [0.3, 0.4) is 0 Å². The lowest BCUT2D eigenvalue weighted by atomic mass is 10.1. The van der Waals surface area contributed by atoms with Gasteiger partial charge in [-0.05, 0) is 44.7 Å². The van der Waals surface area contributed by atoms with Gasteiger partial charge in [0.05, 0.1) is 7.11 Å². The van der Waals surface area contributed by atoms with Gasteiger partial charge in [-0.2, -0.15) is 0 Å². The van der Waals surface area contributed by atoms with Gasteiger partial charge >= 0.3 is 0 Å². The SMILES string of the molecule is CCN1CCN(C(=O)c2cnc(-c3ccc(OC)cc3)nc2N(CC)CC)CC1. The lowest BCUT2D eigenvalue weighted by Gasteiger charge is -2.34. The molecule has 0 bridgehead atoms. The van der Waals surface area contributed by atoms with Gasteiger partial charge in [-0.15, -0.1) is 0 Å². The van der Waals surface area contributed by atoms with Gasteiger partial charge in [-0.3, -0.25) is 4.79 Å². The van der Waals surface area contributed by atoms with Crippen molar-refractivity contribution < 1.29 is 9.53 Å². The van der Waals surface area contributed by atoms with Crippen molar-refractivity contribution in [1.29, 1.82) is 0 Å². The Morgan fingerprint density at radius 1 is 1.07 bits per heavy atom. The number of nitrogens with zero attached hydrogens (tertiary/aromatic N) is 5. The van der Waals surface area contributed by atoms with Gasteiger partial charge in [0, 0.05) is 51.0 Å². The maximum Gasteiger partial charge on any atom is 0.259 e. The molecule has 156 valence electrons. The van der Waals surface area contributed by atoms with Crippen molar-refractivity contribution in [2.24, 2.45) is 0 Å². The van der Waals surface area contributed by atoms with Crippen molar-refractivity contribution in [3.05, 3.63) is 36.0 Å². The van der Waals surface area contributed by atoms with E-state index < -0.39 is 0 Å². The zero-order valence-corrected chi connectivity index (χ0v) is 17.9. The van der Waals surface area contributed by atoms with E-state index in [0.717, 1.165) is 57.1 Å². The quantitative estimate of drug-likeness (QED) is 0.716. The Bertz CT molecular complexity index is 812. The molecular weight excluding hydrogens is 366 g/mol.